The van der Waals surface area contributed by atoms with E-state index in [1.54, 1.807) is 6.07 Å². The molecule has 2 atom stereocenters. The summed E-state index contributed by atoms with van der Waals surface area (Å²) in [6.45, 7) is 0. The maximum atomic E-state index is 12.6. The van der Waals surface area contributed by atoms with Crippen LogP contribution in [0.15, 0.2) is 36.4 Å². The van der Waals surface area contributed by atoms with Crippen LogP contribution < -0.4 is 0 Å². The van der Waals surface area contributed by atoms with Gasteiger partial charge in [0, 0.05) is 0 Å². The van der Waals surface area contributed by atoms with Gasteiger partial charge in [0.15, 0.2) is 0 Å². The molecule has 0 saturated heterocycles. The zero-order valence-electron chi connectivity index (χ0n) is 10.5. The summed E-state index contributed by atoms with van der Waals surface area (Å²) in [6, 6.07) is 5.21. The predicted octanol–water partition coefficient (Wildman–Crippen LogP) is 3.97. The minimum atomic E-state index is -4.32. The number of alkyl halides is 3. The summed E-state index contributed by atoms with van der Waals surface area (Å²) >= 11 is 0. The standard InChI is InChI=1S/C15H17F3O/c16-15(17,18)13-8-4-5-11(9-13)10-14(19)12-6-2-1-3-7-12/h1-2,4-5,8-9,12,14,19H,3,6-7,10H2. The molecule has 2 rings (SSSR count). The van der Waals surface area contributed by atoms with E-state index >= 15 is 0 Å². The smallest absolute Gasteiger partial charge is 0.392 e. The van der Waals surface area contributed by atoms with Crippen molar-refractivity contribution in [3.63, 3.8) is 0 Å². The van der Waals surface area contributed by atoms with E-state index in [0.717, 1.165) is 31.4 Å². The van der Waals surface area contributed by atoms with Crippen LogP contribution in [0.25, 0.3) is 0 Å². The molecule has 1 aromatic carbocycles. The second-order valence-electron chi connectivity index (χ2n) is 5.01. The lowest BCUT2D eigenvalue weighted by Crippen LogP contribution is -2.23. The summed E-state index contributed by atoms with van der Waals surface area (Å²) in [4.78, 5) is 0. The molecule has 1 aliphatic carbocycles. The minimum Gasteiger partial charge on any atom is -0.392 e. The minimum absolute atomic E-state index is 0.152. The highest BCUT2D eigenvalue weighted by Crippen LogP contribution is 2.30. The second-order valence-corrected chi connectivity index (χ2v) is 5.01. The van der Waals surface area contributed by atoms with Crippen LogP contribution >= 0.6 is 0 Å². The van der Waals surface area contributed by atoms with E-state index in [1.807, 2.05) is 6.08 Å². The Morgan fingerprint density at radius 3 is 2.68 bits per heavy atom. The van der Waals surface area contributed by atoms with E-state index in [-0.39, 0.29) is 12.3 Å². The molecular formula is C15H17F3O. The first-order valence-corrected chi connectivity index (χ1v) is 6.46. The average molecular weight is 270 g/mol. The zero-order chi connectivity index (χ0) is 13.9. The molecule has 0 aliphatic heterocycles. The van der Waals surface area contributed by atoms with Crippen molar-refractivity contribution < 1.29 is 18.3 Å². The molecule has 0 saturated carbocycles. The van der Waals surface area contributed by atoms with Crippen LogP contribution in [0.3, 0.4) is 0 Å². The fourth-order valence-corrected chi connectivity index (χ4v) is 2.45. The Bertz CT molecular complexity index is 451. The van der Waals surface area contributed by atoms with Gasteiger partial charge in [-0.3, -0.25) is 0 Å². The zero-order valence-corrected chi connectivity index (χ0v) is 10.5. The van der Waals surface area contributed by atoms with Gasteiger partial charge in [-0.15, -0.1) is 0 Å². The van der Waals surface area contributed by atoms with Gasteiger partial charge < -0.3 is 5.11 Å². The molecule has 1 N–H and O–H groups in total. The van der Waals surface area contributed by atoms with Crippen LogP contribution in [0.1, 0.15) is 30.4 Å². The van der Waals surface area contributed by atoms with Gasteiger partial charge in [0.2, 0.25) is 0 Å². The first kappa shape index (κ1) is 14.1. The van der Waals surface area contributed by atoms with Gasteiger partial charge in [-0.05, 0) is 43.2 Å². The van der Waals surface area contributed by atoms with Crippen LogP contribution in [0.4, 0.5) is 13.2 Å². The van der Waals surface area contributed by atoms with E-state index < -0.39 is 17.8 Å². The maximum Gasteiger partial charge on any atom is 0.416 e. The number of aliphatic hydroxyl groups is 1. The Hall–Kier alpha value is -1.29. The van der Waals surface area contributed by atoms with Crippen molar-refractivity contribution in [3.8, 4) is 0 Å². The van der Waals surface area contributed by atoms with E-state index in [1.165, 1.54) is 6.07 Å². The predicted molar refractivity (Wildman–Crippen MR) is 67.6 cm³/mol. The van der Waals surface area contributed by atoms with Gasteiger partial charge >= 0.3 is 6.18 Å². The Kier molecular flexibility index (Phi) is 4.30. The lowest BCUT2D eigenvalue weighted by molar-refractivity contribution is -0.137. The lowest BCUT2D eigenvalue weighted by Gasteiger charge is -2.24. The van der Waals surface area contributed by atoms with E-state index in [2.05, 4.69) is 6.08 Å². The highest BCUT2D eigenvalue weighted by molar-refractivity contribution is 5.26. The van der Waals surface area contributed by atoms with Gasteiger partial charge in [0.05, 0.1) is 11.7 Å². The molecule has 0 bridgehead atoms. The van der Waals surface area contributed by atoms with Crippen molar-refractivity contribution >= 4 is 0 Å². The second kappa shape index (κ2) is 5.78. The molecular weight excluding hydrogens is 253 g/mol. The summed E-state index contributed by atoms with van der Waals surface area (Å²) in [5.41, 5.74) is -0.113. The Labute approximate surface area is 110 Å². The number of hydrogen-bond acceptors (Lipinski definition) is 1. The van der Waals surface area contributed by atoms with Crippen molar-refractivity contribution in [2.24, 2.45) is 5.92 Å². The molecule has 0 heterocycles. The molecule has 0 radical (unpaired) electrons. The fraction of sp³-hybridized carbons (Fsp3) is 0.467. The molecule has 0 amide bonds. The van der Waals surface area contributed by atoms with Crippen LogP contribution in [0.5, 0.6) is 0 Å². The number of halogens is 3. The lowest BCUT2D eigenvalue weighted by atomic mass is 9.86. The van der Waals surface area contributed by atoms with Crippen LogP contribution in [-0.4, -0.2) is 11.2 Å². The number of benzene rings is 1. The van der Waals surface area contributed by atoms with Crippen LogP contribution in [0, 0.1) is 5.92 Å². The highest BCUT2D eigenvalue weighted by Gasteiger charge is 2.30. The van der Waals surface area contributed by atoms with Crippen molar-refractivity contribution in [2.75, 3.05) is 0 Å². The molecule has 0 spiro atoms. The van der Waals surface area contributed by atoms with E-state index in [0.29, 0.717) is 5.56 Å². The number of aliphatic hydroxyl groups excluding tert-OH is 1. The molecule has 1 nitrogen and oxygen atoms in total. The third kappa shape index (κ3) is 3.83. The summed E-state index contributed by atoms with van der Waals surface area (Å²) in [6.07, 6.45) is 2.13. The number of hydrogen-bond donors (Lipinski definition) is 1. The van der Waals surface area contributed by atoms with Crippen molar-refractivity contribution in [2.45, 2.75) is 38.0 Å². The van der Waals surface area contributed by atoms with Gasteiger partial charge in [0.1, 0.15) is 0 Å². The molecule has 2 unspecified atom stereocenters. The van der Waals surface area contributed by atoms with Crippen LogP contribution in [0.2, 0.25) is 0 Å². The van der Waals surface area contributed by atoms with Gasteiger partial charge in [-0.25, -0.2) is 0 Å². The van der Waals surface area contributed by atoms with Gasteiger partial charge in [0.25, 0.3) is 0 Å². The monoisotopic (exact) mass is 270 g/mol. The molecule has 4 heteroatoms. The fourth-order valence-electron chi connectivity index (χ4n) is 2.45. The molecule has 1 aromatic rings. The largest absolute Gasteiger partial charge is 0.416 e. The Morgan fingerprint density at radius 2 is 2.05 bits per heavy atom. The third-order valence-corrected chi connectivity index (χ3v) is 3.55. The highest BCUT2D eigenvalue weighted by atomic mass is 19.4. The van der Waals surface area contributed by atoms with Gasteiger partial charge in [-0.1, -0.05) is 30.4 Å². The van der Waals surface area contributed by atoms with Crippen molar-refractivity contribution in [1.29, 1.82) is 0 Å². The molecule has 104 valence electrons. The Morgan fingerprint density at radius 1 is 1.26 bits per heavy atom. The SMILES string of the molecule is OC(Cc1cccc(C(F)(F)F)c1)C1CC=CCC1. The van der Waals surface area contributed by atoms with Crippen molar-refractivity contribution in [1.82, 2.24) is 0 Å². The topological polar surface area (TPSA) is 20.2 Å². The first-order chi connectivity index (χ1) is 8.97. The average Bonchev–Trinajstić information content (AvgIpc) is 2.39. The molecule has 0 fully saturated rings. The normalized spacial score (nSPS) is 21.4. The van der Waals surface area contributed by atoms with Crippen LogP contribution in [-0.2, 0) is 12.6 Å². The summed E-state index contributed by atoms with van der Waals surface area (Å²) in [5.74, 6) is 0.152. The van der Waals surface area contributed by atoms with E-state index in [4.69, 9.17) is 0 Å². The van der Waals surface area contributed by atoms with Gasteiger partial charge in [-0.2, -0.15) is 13.2 Å². The quantitative estimate of drug-likeness (QED) is 0.824. The Balaban J connectivity index is 2.04. The number of allylic oxidation sites excluding steroid dienone is 2. The van der Waals surface area contributed by atoms with Crippen molar-refractivity contribution in [3.05, 3.63) is 47.5 Å². The molecule has 19 heavy (non-hydrogen) atoms. The molecule has 1 aliphatic rings. The first-order valence-electron chi connectivity index (χ1n) is 6.46. The summed E-state index contributed by atoms with van der Waals surface area (Å²) in [7, 11) is 0. The summed E-state index contributed by atoms with van der Waals surface area (Å²) in [5, 5.41) is 10.1. The number of rotatable bonds is 3. The molecule has 0 aromatic heterocycles. The maximum absolute atomic E-state index is 12.6. The summed E-state index contributed by atoms with van der Waals surface area (Å²) < 4.78 is 37.8. The third-order valence-electron chi connectivity index (χ3n) is 3.55. The van der Waals surface area contributed by atoms with E-state index in [9.17, 15) is 18.3 Å².